The number of carbonyl (C=O) groups is 2. The number of nitrogens with one attached hydrogen (secondary N) is 1. The van der Waals surface area contributed by atoms with Crippen molar-refractivity contribution in [1.29, 1.82) is 0 Å². The summed E-state index contributed by atoms with van der Waals surface area (Å²) in [5, 5.41) is 3.21. The van der Waals surface area contributed by atoms with Crippen LogP contribution in [0.5, 0.6) is 5.75 Å². The van der Waals surface area contributed by atoms with Gasteiger partial charge in [0.1, 0.15) is 11.6 Å². The average molecular weight is 451 g/mol. The molecule has 3 heterocycles. The van der Waals surface area contributed by atoms with Crippen molar-refractivity contribution in [2.24, 2.45) is 5.92 Å². The molecule has 1 saturated heterocycles. The van der Waals surface area contributed by atoms with Crippen LogP contribution in [-0.2, 0) is 22.6 Å². The van der Waals surface area contributed by atoms with Crippen LogP contribution in [0.3, 0.4) is 0 Å². The molecule has 2 amide bonds. The minimum Gasteiger partial charge on any atom is -0.490 e. The van der Waals surface area contributed by atoms with Crippen LogP contribution in [0.4, 0.5) is 0 Å². The van der Waals surface area contributed by atoms with Gasteiger partial charge < -0.3 is 19.5 Å². The first-order valence-electron chi connectivity index (χ1n) is 12.4. The van der Waals surface area contributed by atoms with Crippen molar-refractivity contribution in [2.45, 2.75) is 77.5 Å². The first-order chi connectivity index (χ1) is 16.0. The monoisotopic (exact) mass is 450 g/mol. The lowest BCUT2D eigenvalue weighted by atomic mass is 9.95. The Labute approximate surface area is 195 Å². The third-order valence-electron chi connectivity index (χ3n) is 7.37. The normalized spacial score (nSPS) is 21.3. The predicted molar refractivity (Wildman–Crippen MR) is 126 cm³/mol. The van der Waals surface area contributed by atoms with Gasteiger partial charge >= 0.3 is 0 Å². The molecule has 2 fully saturated rings. The van der Waals surface area contributed by atoms with E-state index in [1.165, 1.54) is 6.42 Å². The van der Waals surface area contributed by atoms with E-state index in [0.717, 1.165) is 80.0 Å². The lowest BCUT2D eigenvalue weighted by Crippen LogP contribution is -2.45. The Balaban J connectivity index is 1.36. The molecule has 0 bridgehead atoms. The number of carbonyl (C=O) groups excluding carboxylic acids is 2. The summed E-state index contributed by atoms with van der Waals surface area (Å²) < 4.78 is 8.54. The highest BCUT2D eigenvalue weighted by molar-refractivity contribution is 5.81. The summed E-state index contributed by atoms with van der Waals surface area (Å²) >= 11 is 0. The first-order valence-corrected chi connectivity index (χ1v) is 12.4. The van der Waals surface area contributed by atoms with Crippen LogP contribution in [0.25, 0.3) is 11.3 Å². The molecule has 3 aliphatic rings. The largest absolute Gasteiger partial charge is 0.490 e. The smallest absolute Gasteiger partial charge is 0.225 e. The highest BCUT2D eigenvalue weighted by atomic mass is 16.5. The van der Waals surface area contributed by atoms with E-state index in [1.54, 1.807) is 11.8 Å². The Hall–Kier alpha value is -2.83. The van der Waals surface area contributed by atoms with Crippen molar-refractivity contribution in [3.63, 3.8) is 0 Å². The Morgan fingerprint density at radius 3 is 2.73 bits per heavy atom. The third kappa shape index (κ3) is 4.63. The van der Waals surface area contributed by atoms with Crippen LogP contribution >= 0.6 is 0 Å². The second-order valence-electron chi connectivity index (χ2n) is 9.80. The number of aryl methyl sites for hydroxylation is 2. The zero-order chi connectivity index (χ0) is 22.9. The molecule has 2 unspecified atom stereocenters. The van der Waals surface area contributed by atoms with E-state index in [1.807, 2.05) is 13.0 Å². The fourth-order valence-electron chi connectivity index (χ4n) is 5.10. The topological polar surface area (TPSA) is 76.5 Å². The van der Waals surface area contributed by atoms with Crippen LogP contribution in [0, 0.1) is 5.92 Å². The maximum atomic E-state index is 13.1. The molecule has 33 heavy (non-hydrogen) atoms. The number of piperidine rings is 1. The van der Waals surface area contributed by atoms with Gasteiger partial charge in [-0.05, 0) is 63.6 Å². The number of ether oxygens (including phenoxy) is 1. The van der Waals surface area contributed by atoms with Crippen molar-refractivity contribution < 1.29 is 14.3 Å². The maximum absolute atomic E-state index is 13.1. The lowest BCUT2D eigenvalue weighted by Gasteiger charge is -2.32. The standard InChI is InChI=1S/C26H34N4O3/c1-17(27-26(32)20-6-4-12-29(15-20)18(2)31)22-14-19(10-11-24(22)33-21-7-3-8-21)23-16-30-13-5-9-25(30)28-23/h10-11,14,16-17,20-21H,3-9,12-13,15H2,1-2H3,(H,27,32). The Bertz CT molecular complexity index is 1020. The SMILES string of the molecule is CC(=O)N1CCCC(C(=O)NC(C)c2cc(-c3cn4c(n3)CCC4)ccc2OC2CCC2)C1. The van der Waals surface area contributed by atoms with E-state index in [4.69, 9.17) is 9.72 Å². The van der Waals surface area contributed by atoms with E-state index < -0.39 is 0 Å². The molecule has 0 radical (unpaired) electrons. The predicted octanol–water partition coefficient (Wildman–Crippen LogP) is 3.86. The average Bonchev–Trinajstić information content (AvgIpc) is 3.39. The number of likely N-dealkylation sites (tertiary alicyclic amines) is 1. The molecule has 5 rings (SSSR count). The number of benzene rings is 1. The molecule has 1 saturated carbocycles. The van der Waals surface area contributed by atoms with Crippen molar-refractivity contribution in [3.05, 3.63) is 35.8 Å². The number of hydrogen-bond donors (Lipinski definition) is 1. The van der Waals surface area contributed by atoms with Gasteiger partial charge in [-0.1, -0.05) is 0 Å². The highest BCUT2D eigenvalue weighted by Crippen LogP contribution is 2.35. The number of imidazole rings is 1. The molecule has 1 aliphatic carbocycles. The van der Waals surface area contributed by atoms with E-state index in [9.17, 15) is 9.59 Å². The van der Waals surface area contributed by atoms with Crippen molar-refractivity contribution in [2.75, 3.05) is 13.1 Å². The quantitative estimate of drug-likeness (QED) is 0.725. The summed E-state index contributed by atoms with van der Waals surface area (Å²) in [5.74, 6) is 1.87. The molecule has 2 aromatic rings. The van der Waals surface area contributed by atoms with Gasteiger partial charge in [-0.15, -0.1) is 0 Å². The lowest BCUT2D eigenvalue weighted by molar-refractivity contribution is -0.134. The number of rotatable bonds is 6. The van der Waals surface area contributed by atoms with E-state index in [2.05, 4.69) is 28.2 Å². The molecule has 7 nitrogen and oxygen atoms in total. The summed E-state index contributed by atoms with van der Waals surface area (Å²) in [6, 6.07) is 6.04. The van der Waals surface area contributed by atoms with E-state index >= 15 is 0 Å². The number of hydrogen-bond acceptors (Lipinski definition) is 4. The van der Waals surface area contributed by atoms with Crippen molar-refractivity contribution >= 4 is 11.8 Å². The molecule has 2 atom stereocenters. The maximum Gasteiger partial charge on any atom is 0.225 e. The van der Waals surface area contributed by atoms with Crippen LogP contribution < -0.4 is 10.1 Å². The van der Waals surface area contributed by atoms with Gasteiger partial charge in [0.25, 0.3) is 0 Å². The number of aromatic nitrogens is 2. The van der Waals surface area contributed by atoms with Crippen LogP contribution in [0.15, 0.2) is 24.4 Å². The van der Waals surface area contributed by atoms with Crippen LogP contribution in [0.2, 0.25) is 0 Å². The van der Waals surface area contributed by atoms with Gasteiger partial charge in [0, 0.05) is 50.3 Å². The van der Waals surface area contributed by atoms with Crippen LogP contribution in [-0.4, -0.2) is 45.5 Å². The second kappa shape index (κ2) is 9.20. The zero-order valence-corrected chi connectivity index (χ0v) is 19.7. The van der Waals surface area contributed by atoms with E-state index in [-0.39, 0.29) is 29.9 Å². The third-order valence-corrected chi connectivity index (χ3v) is 7.37. The van der Waals surface area contributed by atoms with E-state index in [0.29, 0.717) is 6.54 Å². The molecular weight excluding hydrogens is 416 g/mol. The molecule has 176 valence electrons. The Kier molecular flexibility index (Phi) is 6.13. The zero-order valence-electron chi connectivity index (χ0n) is 19.7. The molecule has 0 spiro atoms. The summed E-state index contributed by atoms with van der Waals surface area (Å²) in [7, 11) is 0. The Morgan fingerprint density at radius 2 is 2.00 bits per heavy atom. The fourth-order valence-corrected chi connectivity index (χ4v) is 5.10. The van der Waals surface area contributed by atoms with Crippen molar-refractivity contribution in [1.82, 2.24) is 19.8 Å². The number of amides is 2. The molecular formula is C26H34N4O3. The molecule has 1 aromatic heterocycles. The van der Waals surface area contributed by atoms with Crippen LogP contribution in [0.1, 0.15) is 69.8 Å². The molecule has 2 aliphatic heterocycles. The highest BCUT2D eigenvalue weighted by Gasteiger charge is 2.29. The first kappa shape index (κ1) is 22.0. The van der Waals surface area contributed by atoms with Crippen molar-refractivity contribution in [3.8, 4) is 17.0 Å². The second-order valence-corrected chi connectivity index (χ2v) is 9.80. The molecule has 7 heteroatoms. The van der Waals surface area contributed by atoms with Gasteiger partial charge in [0.15, 0.2) is 0 Å². The minimum absolute atomic E-state index is 0.00872. The minimum atomic E-state index is -0.199. The number of nitrogens with zero attached hydrogens (tertiary/aromatic N) is 3. The van der Waals surface area contributed by atoms with Gasteiger partial charge in [0.2, 0.25) is 11.8 Å². The van der Waals surface area contributed by atoms with Gasteiger partial charge in [-0.2, -0.15) is 0 Å². The van der Waals surface area contributed by atoms with Gasteiger partial charge in [-0.25, -0.2) is 4.98 Å². The number of fused-ring (bicyclic) bond motifs is 1. The van der Waals surface area contributed by atoms with Gasteiger partial charge in [0.05, 0.1) is 23.8 Å². The summed E-state index contributed by atoms with van der Waals surface area (Å²) in [4.78, 5) is 31.5. The summed E-state index contributed by atoms with van der Waals surface area (Å²) in [5.41, 5.74) is 3.01. The molecule has 1 N–H and O–H groups in total. The molecule has 1 aromatic carbocycles. The summed E-state index contributed by atoms with van der Waals surface area (Å²) in [6.45, 7) is 5.86. The Morgan fingerprint density at radius 1 is 1.15 bits per heavy atom. The summed E-state index contributed by atoms with van der Waals surface area (Å²) in [6.07, 6.45) is 9.63. The fraction of sp³-hybridized carbons (Fsp3) is 0.577. The van der Waals surface area contributed by atoms with Gasteiger partial charge in [-0.3, -0.25) is 9.59 Å².